The minimum absolute atomic E-state index is 0.149. The van der Waals surface area contributed by atoms with Crippen molar-refractivity contribution in [3.05, 3.63) is 66.0 Å². The summed E-state index contributed by atoms with van der Waals surface area (Å²) in [4.78, 5) is 27.0. The normalized spacial score (nSPS) is 11.6. The molecule has 0 bridgehead atoms. The van der Waals surface area contributed by atoms with E-state index < -0.39 is 18.0 Å². The third kappa shape index (κ3) is 3.23. The summed E-state index contributed by atoms with van der Waals surface area (Å²) in [6.07, 6.45) is 1.30. The van der Waals surface area contributed by atoms with E-state index in [0.29, 0.717) is 5.56 Å². The molecule has 0 aliphatic rings. The summed E-state index contributed by atoms with van der Waals surface area (Å²) >= 11 is 0. The second-order valence-corrected chi connectivity index (χ2v) is 3.76. The van der Waals surface area contributed by atoms with Crippen LogP contribution in [0.25, 0.3) is 0 Å². The van der Waals surface area contributed by atoms with E-state index in [4.69, 9.17) is 0 Å². The smallest absolute Gasteiger partial charge is 0.347 e. The van der Waals surface area contributed by atoms with Crippen LogP contribution in [0.15, 0.2) is 54.9 Å². The zero-order chi connectivity index (χ0) is 13.7. The zero-order valence-electron chi connectivity index (χ0n) is 9.89. The summed E-state index contributed by atoms with van der Waals surface area (Å²) in [7, 11) is 0. The van der Waals surface area contributed by atoms with Crippen LogP contribution in [0.5, 0.6) is 0 Å². The number of hydrogen-bond donors (Lipinski definition) is 1. The molecule has 0 aliphatic carbocycles. The van der Waals surface area contributed by atoms with Gasteiger partial charge in [0.1, 0.15) is 0 Å². The molecule has 1 aromatic heterocycles. The summed E-state index contributed by atoms with van der Waals surface area (Å²) in [5, 5.41) is 9.74. The molecule has 0 aliphatic heterocycles. The largest absolute Gasteiger partial charge is 0.387 e. The molecular formula is C14H11NO4. The maximum atomic E-state index is 11.6. The number of rotatable bonds is 3. The van der Waals surface area contributed by atoms with E-state index in [1.165, 1.54) is 18.5 Å². The summed E-state index contributed by atoms with van der Waals surface area (Å²) in [6.45, 7) is 0. The molecule has 5 heteroatoms. The van der Waals surface area contributed by atoms with Crippen molar-refractivity contribution in [2.24, 2.45) is 0 Å². The van der Waals surface area contributed by atoms with Crippen molar-refractivity contribution in [3.63, 3.8) is 0 Å². The zero-order valence-corrected chi connectivity index (χ0v) is 9.89. The number of aliphatic hydroxyl groups is 1. The fourth-order valence-electron chi connectivity index (χ4n) is 1.46. The molecule has 1 heterocycles. The number of pyridine rings is 1. The summed E-state index contributed by atoms with van der Waals surface area (Å²) in [6, 6.07) is 11.3. The van der Waals surface area contributed by atoms with Gasteiger partial charge in [0.05, 0.1) is 5.56 Å². The molecule has 1 N–H and O–H groups in total. The van der Waals surface area contributed by atoms with Gasteiger partial charge in [0.15, 0.2) is 6.10 Å². The molecule has 96 valence electrons. The van der Waals surface area contributed by atoms with E-state index in [2.05, 4.69) is 9.72 Å². The number of esters is 2. The van der Waals surface area contributed by atoms with Gasteiger partial charge >= 0.3 is 11.9 Å². The molecule has 5 nitrogen and oxygen atoms in total. The quantitative estimate of drug-likeness (QED) is 0.666. The summed E-state index contributed by atoms with van der Waals surface area (Å²) < 4.78 is 4.58. The van der Waals surface area contributed by atoms with E-state index in [1.54, 1.807) is 36.4 Å². The van der Waals surface area contributed by atoms with E-state index in [0.717, 1.165) is 0 Å². The predicted octanol–water partition coefficient (Wildman–Crippen LogP) is 1.50. The van der Waals surface area contributed by atoms with Gasteiger partial charge in [0.2, 0.25) is 0 Å². The summed E-state index contributed by atoms with van der Waals surface area (Å²) in [5.41, 5.74) is 0.516. The maximum Gasteiger partial charge on any atom is 0.347 e. The molecule has 0 fully saturated rings. The lowest BCUT2D eigenvalue weighted by atomic mass is 10.1. The highest BCUT2D eigenvalue weighted by molar-refractivity contribution is 5.97. The predicted molar refractivity (Wildman–Crippen MR) is 66.1 cm³/mol. The average molecular weight is 257 g/mol. The standard InChI is InChI=1S/C14H11NO4/c16-12(10-5-2-1-3-6-10)14(18)19-13(17)11-7-4-8-15-9-11/h1-9,12,16H/t12-/m1/s1. The number of hydrogen-bond acceptors (Lipinski definition) is 5. The van der Waals surface area contributed by atoms with Crippen LogP contribution in [0.1, 0.15) is 22.0 Å². The molecule has 0 spiro atoms. The van der Waals surface area contributed by atoms with E-state index in [9.17, 15) is 14.7 Å². The molecule has 0 saturated carbocycles. The Morgan fingerprint density at radius 2 is 1.84 bits per heavy atom. The molecule has 1 atom stereocenters. The van der Waals surface area contributed by atoms with Gasteiger partial charge in [-0.15, -0.1) is 0 Å². The highest BCUT2D eigenvalue weighted by Gasteiger charge is 2.22. The molecule has 0 saturated heterocycles. The van der Waals surface area contributed by atoms with Crippen LogP contribution in [0.4, 0.5) is 0 Å². The Morgan fingerprint density at radius 1 is 1.11 bits per heavy atom. The van der Waals surface area contributed by atoms with Crippen LogP contribution >= 0.6 is 0 Å². The number of aliphatic hydroxyl groups excluding tert-OH is 1. The number of ether oxygens (including phenoxy) is 1. The molecule has 0 radical (unpaired) electrons. The van der Waals surface area contributed by atoms with Crippen molar-refractivity contribution in [2.45, 2.75) is 6.10 Å². The number of nitrogens with zero attached hydrogens (tertiary/aromatic N) is 1. The Hall–Kier alpha value is -2.53. The van der Waals surface area contributed by atoms with E-state index >= 15 is 0 Å². The van der Waals surface area contributed by atoms with Crippen LogP contribution in [0, 0.1) is 0 Å². The van der Waals surface area contributed by atoms with Gasteiger partial charge in [-0.05, 0) is 17.7 Å². The number of aromatic nitrogens is 1. The molecule has 0 amide bonds. The Kier molecular flexibility index (Phi) is 4.00. The molecule has 19 heavy (non-hydrogen) atoms. The Balaban J connectivity index is 2.04. The first-order valence-electron chi connectivity index (χ1n) is 5.57. The number of benzene rings is 1. The van der Waals surface area contributed by atoms with Crippen molar-refractivity contribution in [3.8, 4) is 0 Å². The second kappa shape index (κ2) is 5.88. The monoisotopic (exact) mass is 257 g/mol. The van der Waals surface area contributed by atoms with Crippen molar-refractivity contribution >= 4 is 11.9 Å². The van der Waals surface area contributed by atoms with Gasteiger partial charge in [-0.1, -0.05) is 30.3 Å². The Labute approximate surface area is 109 Å². The maximum absolute atomic E-state index is 11.6. The van der Waals surface area contributed by atoms with Gasteiger partial charge in [-0.3, -0.25) is 4.98 Å². The summed E-state index contributed by atoms with van der Waals surface area (Å²) in [5.74, 6) is -1.85. The fraction of sp³-hybridized carbons (Fsp3) is 0.0714. The highest BCUT2D eigenvalue weighted by atomic mass is 16.6. The van der Waals surface area contributed by atoms with Gasteiger partial charge in [-0.2, -0.15) is 0 Å². The van der Waals surface area contributed by atoms with Gasteiger partial charge in [0.25, 0.3) is 0 Å². The highest BCUT2D eigenvalue weighted by Crippen LogP contribution is 2.14. The van der Waals surface area contributed by atoms with E-state index in [1.807, 2.05) is 0 Å². The third-order valence-electron chi connectivity index (χ3n) is 2.43. The van der Waals surface area contributed by atoms with Crippen LogP contribution in [-0.2, 0) is 9.53 Å². The Morgan fingerprint density at radius 3 is 2.47 bits per heavy atom. The van der Waals surface area contributed by atoms with Crippen LogP contribution in [-0.4, -0.2) is 22.0 Å². The molecule has 2 rings (SSSR count). The van der Waals surface area contributed by atoms with Crippen LogP contribution < -0.4 is 0 Å². The Bertz CT molecular complexity index is 569. The van der Waals surface area contributed by atoms with Crippen molar-refractivity contribution < 1.29 is 19.4 Å². The number of carbonyl (C=O) groups is 2. The molecule has 2 aromatic rings. The van der Waals surface area contributed by atoms with Gasteiger partial charge in [0, 0.05) is 12.4 Å². The van der Waals surface area contributed by atoms with Crippen LogP contribution in [0.3, 0.4) is 0 Å². The van der Waals surface area contributed by atoms with Crippen LogP contribution in [0.2, 0.25) is 0 Å². The van der Waals surface area contributed by atoms with Crippen molar-refractivity contribution in [1.82, 2.24) is 4.98 Å². The molecular weight excluding hydrogens is 246 g/mol. The average Bonchev–Trinajstić information content (AvgIpc) is 2.48. The lowest BCUT2D eigenvalue weighted by molar-refractivity contribution is -0.147. The first-order chi connectivity index (χ1) is 9.18. The lowest BCUT2D eigenvalue weighted by Gasteiger charge is -2.09. The SMILES string of the molecule is O=C(OC(=O)[C@H](O)c1ccccc1)c1cccnc1. The van der Waals surface area contributed by atoms with Crippen molar-refractivity contribution in [1.29, 1.82) is 0 Å². The van der Waals surface area contributed by atoms with Gasteiger partial charge in [-0.25, -0.2) is 9.59 Å². The topological polar surface area (TPSA) is 76.5 Å². The first kappa shape index (κ1) is 12.9. The van der Waals surface area contributed by atoms with E-state index in [-0.39, 0.29) is 5.56 Å². The minimum Gasteiger partial charge on any atom is -0.387 e. The second-order valence-electron chi connectivity index (χ2n) is 3.76. The molecule has 1 aromatic carbocycles. The van der Waals surface area contributed by atoms with Crippen molar-refractivity contribution in [2.75, 3.05) is 0 Å². The third-order valence-corrected chi connectivity index (χ3v) is 2.43. The first-order valence-corrected chi connectivity index (χ1v) is 5.57. The number of carbonyl (C=O) groups excluding carboxylic acids is 2. The fourth-order valence-corrected chi connectivity index (χ4v) is 1.46. The molecule has 0 unspecified atom stereocenters. The van der Waals surface area contributed by atoms with Gasteiger partial charge < -0.3 is 9.84 Å². The lowest BCUT2D eigenvalue weighted by Crippen LogP contribution is -2.19. The minimum atomic E-state index is -1.48.